The number of hydrogen-bond donors (Lipinski definition) is 0. The van der Waals surface area contributed by atoms with E-state index in [2.05, 4.69) is 18.8 Å². The standard InChI is InChI=1S/C18H35O3/c1-3-4-5-6-7-8-9-10-11-12-13-14-15-16-17-21-18(19)20-2/h2-17H2,1H3. The molecule has 0 atom stereocenters. The smallest absolute Gasteiger partial charge is 0.434 e. The molecule has 0 heterocycles. The van der Waals surface area contributed by atoms with E-state index in [1.165, 1.54) is 77.0 Å². The highest BCUT2D eigenvalue weighted by molar-refractivity contribution is 5.59. The predicted molar refractivity (Wildman–Crippen MR) is 88.1 cm³/mol. The maximum absolute atomic E-state index is 10.6. The van der Waals surface area contributed by atoms with Crippen molar-refractivity contribution in [2.45, 2.75) is 96.8 Å². The van der Waals surface area contributed by atoms with Crippen LogP contribution in [0.3, 0.4) is 0 Å². The quantitative estimate of drug-likeness (QED) is 0.259. The van der Waals surface area contributed by atoms with Gasteiger partial charge in [-0.3, -0.25) is 0 Å². The Morgan fingerprint density at radius 2 is 1.10 bits per heavy atom. The van der Waals surface area contributed by atoms with Gasteiger partial charge in [0.1, 0.15) is 7.11 Å². The summed E-state index contributed by atoms with van der Waals surface area (Å²) in [6.45, 7) is 2.72. The normalized spacial score (nSPS) is 10.6. The largest absolute Gasteiger partial charge is 0.508 e. The van der Waals surface area contributed by atoms with E-state index in [1.54, 1.807) is 0 Å². The van der Waals surface area contributed by atoms with Gasteiger partial charge in [0.2, 0.25) is 0 Å². The Balaban J connectivity index is 2.98. The molecule has 0 N–H and O–H groups in total. The molecular formula is C18H35O3. The Bertz CT molecular complexity index is 217. The first kappa shape index (κ1) is 20.3. The second kappa shape index (κ2) is 17.3. The molecule has 0 unspecified atom stereocenters. The lowest BCUT2D eigenvalue weighted by atomic mass is 10.0. The van der Waals surface area contributed by atoms with E-state index in [4.69, 9.17) is 4.74 Å². The fourth-order valence-electron chi connectivity index (χ4n) is 2.49. The van der Waals surface area contributed by atoms with Crippen LogP contribution in [-0.2, 0) is 9.47 Å². The highest BCUT2D eigenvalue weighted by atomic mass is 16.7. The van der Waals surface area contributed by atoms with Gasteiger partial charge in [-0.1, -0.05) is 90.4 Å². The molecule has 0 saturated heterocycles. The van der Waals surface area contributed by atoms with Crippen molar-refractivity contribution in [2.75, 3.05) is 6.61 Å². The molecule has 21 heavy (non-hydrogen) atoms. The van der Waals surface area contributed by atoms with Crippen LogP contribution in [0, 0.1) is 7.11 Å². The van der Waals surface area contributed by atoms with Crippen LogP contribution >= 0.6 is 0 Å². The Hall–Kier alpha value is -0.730. The third-order valence-corrected chi connectivity index (χ3v) is 3.84. The van der Waals surface area contributed by atoms with Gasteiger partial charge >= 0.3 is 6.16 Å². The van der Waals surface area contributed by atoms with E-state index in [0.29, 0.717) is 6.61 Å². The summed E-state index contributed by atoms with van der Waals surface area (Å²) in [5.74, 6) is 0. The monoisotopic (exact) mass is 299 g/mol. The van der Waals surface area contributed by atoms with Crippen molar-refractivity contribution >= 4 is 6.16 Å². The molecule has 0 amide bonds. The SMILES string of the molecule is [CH2]OC(=O)OCCCCCCCCCCCCCCCC. The second-order valence-electron chi connectivity index (χ2n) is 5.84. The lowest BCUT2D eigenvalue weighted by Crippen LogP contribution is -2.04. The fourth-order valence-corrected chi connectivity index (χ4v) is 2.49. The second-order valence-corrected chi connectivity index (χ2v) is 5.84. The van der Waals surface area contributed by atoms with Gasteiger partial charge in [-0.2, -0.15) is 0 Å². The minimum absolute atomic E-state index is 0.451. The van der Waals surface area contributed by atoms with Gasteiger partial charge in [0.05, 0.1) is 6.61 Å². The minimum Gasteiger partial charge on any atom is -0.434 e. The van der Waals surface area contributed by atoms with Crippen molar-refractivity contribution in [3.63, 3.8) is 0 Å². The van der Waals surface area contributed by atoms with E-state index in [1.807, 2.05) is 0 Å². The minimum atomic E-state index is -0.676. The first-order valence-corrected chi connectivity index (χ1v) is 8.90. The molecule has 1 radical (unpaired) electrons. The number of carbonyl (C=O) groups is 1. The Kier molecular flexibility index (Phi) is 16.7. The van der Waals surface area contributed by atoms with Gasteiger partial charge in [0.25, 0.3) is 0 Å². The molecule has 3 nitrogen and oxygen atoms in total. The summed E-state index contributed by atoms with van der Waals surface area (Å²) in [4.78, 5) is 10.6. The van der Waals surface area contributed by atoms with Crippen LogP contribution in [0.4, 0.5) is 4.79 Å². The summed E-state index contributed by atoms with van der Waals surface area (Å²) in [7, 11) is 3.00. The zero-order valence-electron chi connectivity index (χ0n) is 14.0. The molecular weight excluding hydrogens is 264 g/mol. The summed E-state index contributed by atoms with van der Waals surface area (Å²) in [6.07, 6.45) is 17.9. The Morgan fingerprint density at radius 3 is 1.48 bits per heavy atom. The third kappa shape index (κ3) is 17.2. The highest BCUT2D eigenvalue weighted by Gasteiger charge is 1.99. The Morgan fingerprint density at radius 1 is 0.714 bits per heavy atom. The number of carbonyl (C=O) groups excluding carboxylic acids is 1. The fraction of sp³-hybridized carbons (Fsp3) is 0.889. The van der Waals surface area contributed by atoms with Crippen LogP contribution in [0.5, 0.6) is 0 Å². The van der Waals surface area contributed by atoms with Crippen LogP contribution in [0.2, 0.25) is 0 Å². The molecule has 0 rings (SSSR count). The van der Waals surface area contributed by atoms with E-state index >= 15 is 0 Å². The summed E-state index contributed by atoms with van der Waals surface area (Å²) in [5, 5.41) is 0. The van der Waals surface area contributed by atoms with Crippen molar-refractivity contribution in [1.82, 2.24) is 0 Å². The first-order valence-electron chi connectivity index (χ1n) is 8.90. The average Bonchev–Trinajstić information content (AvgIpc) is 2.50. The van der Waals surface area contributed by atoms with Crippen LogP contribution in [-0.4, -0.2) is 12.8 Å². The number of ether oxygens (including phenoxy) is 2. The lowest BCUT2D eigenvalue weighted by Gasteiger charge is -2.04. The molecule has 0 aromatic rings. The molecule has 3 heteroatoms. The van der Waals surface area contributed by atoms with Gasteiger partial charge in [-0.25, -0.2) is 4.79 Å². The molecule has 0 fully saturated rings. The average molecular weight is 299 g/mol. The molecule has 0 spiro atoms. The number of rotatable bonds is 15. The zero-order valence-corrected chi connectivity index (χ0v) is 14.0. The lowest BCUT2D eigenvalue weighted by molar-refractivity contribution is 0.0814. The van der Waals surface area contributed by atoms with Gasteiger partial charge in [-0.15, -0.1) is 0 Å². The van der Waals surface area contributed by atoms with Crippen LogP contribution < -0.4 is 0 Å². The van der Waals surface area contributed by atoms with Gasteiger partial charge < -0.3 is 9.47 Å². The van der Waals surface area contributed by atoms with Gasteiger partial charge in [0.15, 0.2) is 0 Å². The van der Waals surface area contributed by atoms with Crippen molar-refractivity contribution in [2.24, 2.45) is 0 Å². The predicted octanol–water partition coefficient (Wildman–Crippen LogP) is 6.41. The number of unbranched alkanes of at least 4 members (excludes halogenated alkanes) is 13. The highest BCUT2D eigenvalue weighted by Crippen LogP contribution is 2.12. The van der Waals surface area contributed by atoms with E-state index in [0.717, 1.165) is 12.8 Å². The maximum atomic E-state index is 10.6. The van der Waals surface area contributed by atoms with Crippen molar-refractivity contribution in [3.8, 4) is 0 Å². The molecule has 0 aliphatic heterocycles. The summed E-state index contributed by atoms with van der Waals surface area (Å²) in [6, 6.07) is 0. The molecule has 0 saturated carbocycles. The maximum Gasteiger partial charge on any atom is 0.508 e. The van der Waals surface area contributed by atoms with Crippen molar-refractivity contribution in [3.05, 3.63) is 7.11 Å². The molecule has 0 aliphatic rings. The summed E-state index contributed by atoms with van der Waals surface area (Å²) >= 11 is 0. The molecule has 0 bridgehead atoms. The zero-order chi connectivity index (χ0) is 15.6. The van der Waals surface area contributed by atoms with E-state index in [9.17, 15) is 4.79 Å². The molecule has 125 valence electrons. The van der Waals surface area contributed by atoms with Crippen molar-refractivity contribution in [1.29, 1.82) is 0 Å². The van der Waals surface area contributed by atoms with Gasteiger partial charge in [-0.05, 0) is 6.42 Å². The Labute approximate surface area is 131 Å². The first-order chi connectivity index (χ1) is 10.3. The summed E-state index contributed by atoms with van der Waals surface area (Å²) in [5.41, 5.74) is 0. The van der Waals surface area contributed by atoms with E-state index in [-0.39, 0.29) is 0 Å². The third-order valence-electron chi connectivity index (χ3n) is 3.84. The number of hydrogen-bond acceptors (Lipinski definition) is 3. The van der Waals surface area contributed by atoms with Crippen molar-refractivity contribution < 1.29 is 14.3 Å². The molecule has 0 aromatic carbocycles. The van der Waals surface area contributed by atoms with Crippen LogP contribution in [0.1, 0.15) is 96.8 Å². The van der Waals surface area contributed by atoms with Crippen LogP contribution in [0.25, 0.3) is 0 Å². The topological polar surface area (TPSA) is 35.5 Å². The van der Waals surface area contributed by atoms with Gasteiger partial charge in [0, 0.05) is 0 Å². The molecule has 0 aliphatic carbocycles. The van der Waals surface area contributed by atoms with E-state index < -0.39 is 6.16 Å². The molecule has 0 aromatic heterocycles. The van der Waals surface area contributed by atoms with Crippen LogP contribution in [0.15, 0.2) is 0 Å². The summed E-state index contributed by atoms with van der Waals surface area (Å²) < 4.78 is 8.93.